The molecule has 3 rings (SSSR count). The van der Waals surface area contributed by atoms with E-state index >= 15 is 0 Å². The van der Waals surface area contributed by atoms with Crippen LogP contribution in [0.2, 0.25) is 0 Å². The number of benzene rings is 2. The lowest BCUT2D eigenvalue weighted by Gasteiger charge is -2.14. The van der Waals surface area contributed by atoms with Gasteiger partial charge in [0.15, 0.2) is 0 Å². The van der Waals surface area contributed by atoms with E-state index in [1.807, 2.05) is 12.1 Å². The molecule has 23 heavy (non-hydrogen) atoms. The number of nitrogens with one attached hydrogen (secondary N) is 2. The van der Waals surface area contributed by atoms with Crippen LogP contribution in [0.1, 0.15) is 42.0 Å². The van der Waals surface area contributed by atoms with Crippen molar-refractivity contribution in [1.29, 1.82) is 0 Å². The van der Waals surface area contributed by atoms with E-state index in [-0.39, 0.29) is 12.1 Å². The van der Waals surface area contributed by atoms with Crippen LogP contribution in [0.15, 0.2) is 54.6 Å². The lowest BCUT2D eigenvalue weighted by molar-refractivity contribution is 0.237. The van der Waals surface area contributed by atoms with Gasteiger partial charge >= 0.3 is 6.03 Å². The van der Waals surface area contributed by atoms with Crippen LogP contribution in [0.3, 0.4) is 0 Å². The summed E-state index contributed by atoms with van der Waals surface area (Å²) in [4.78, 5) is 12.0. The number of rotatable bonds is 6. The highest BCUT2D eigenvalue weighted by atomic mass is 16.2. The van der Waals surface area contributed by atoms with E-state index < -0.39 is 0 Å². The van der Waals surface area contributed by atoms with Crippen molar-refractivity contribution in [1.82, 2.24) is 10.6 Å². The van der Waals surface area contributed by atoms with Crippen LogP contribution in [0.25, 0.3) is 0 Å². The molecule has 0 saturated heterocycles. The summed E-state index contributed by atoms with van der Waals surface area (Å²) in [6.45, 7) is 0.729. The van der Waals surface area contributed by atoms with E-state index in [1.165, 1.54) is 16.7 Å². The van der Waals surface area contributed by atoms with Crippen molar-refractivity contribution in [3.8, 4) is 0 Å². The van der Waals surface area contributed by atoms with E-state index in [9.17, 15) is 4.79 Å². The molecule has 0 bridgehead atoms. The number of unbranched alkanes of at least 4 members (excludes halogenated alkanes) is 1. The summed E-state index contributed by atoms with van der Waals surface area (Å²) in [5.41, 5.74) is 3.99. The fourth-order valence-electron chi connectivity index (χ4n) is 3.22. The van der Waals surface area contributed by atoms with Gasteiger partial charge in [-0.15, -0.1) is 0 Å². The van der Waals surface area contributed by atoms with Crippen molar-refractivity contribution >= 4 is 6.03 Å². The van der Waals surface area contributed by atoms with Gasteiger partial charge in [-0.3, -0.25) is 0 Å². The molecule has 3 heteroatoms. The number of hydrogen-bond donors (Lipinski definition) is 2. The molecule has 120 valence electrons. The van der Waals surface area contributed by atoms with Gasteiger partial charge in [0.2, 0.25) is 0 Å². The quantitative estimate of drug-likeness (QED) is 0.778. The molecular formula is C20H24N2O. The zero-order valence-electron chi connectivity index (χ0n) is 13.4. The molecule has 0 radical (unpaired) electrons. The minimum Gasteiger partial charge on any atom is -0.338 e. The molecule has 1 unspecified atom stereocenters. The summed E-state index contributed by atoms with van der Waals surface area (Å²) in [5.74, 6) is 0. The van der Waals surface area contributed by atoms with Crippen molar-refractivity contribution in [2.24, 2.45) is 0 Å². The Morgan fingerprint density at radius 2 is 1.78 bits per heavy atom. The molecule has 2 aromatic rings. The van der Waals surface area contributed by atoms with Crippen LogP contribution < -0.4 is 10.6 Å². The Balaban J connectivity index is 1.34. The number of urea groups is 1. The number of aryl methyl sites for hydroxylation is 2. The van der Waals surface area contributed by atoms with Crippen molar-refractivity contribution < 1.29 is 4.79 Å². The maximum absolute atomic E-state index is 12.0. The van der Waals surface area contributed by atoms with Gasteiger partial charge in [0.1, 0.15) is 0 Å². The molecule has 0 saturated carbocycles. The molecule has 2 N–H and O–H groups in total. The Bertz CT molecular complexity index is 639. The molecule has 0 spiro atoms. The minimum absolute atomic E-state index is 0.0496. The molecular weight excluding hydrogens is 284 g/mol. The van der Waals surface area contributed by atoms with Crippen molar-refractivity contribution in [3.05, 3.63) is 71.3 Å². The van der Waals surface area contributed by atoms with E-state index in [1.54, 1.807) is 0 Å². The van der Waals surface area contributed by atoms with Gasteiger partial charge in [-0.2, -0.15) is 0 Å². The summed E-state index contributed by atoms with van der Waals surface area (Å²) >= 11 is 0. The van der Waals surface area contributed by atoms with Gasteiger partial charge in [-0.1, -0.05) is 54.6 Å². The zero-order valence-corrected chi connectivity index (χ0v) is 13.4. The van der Waals surface area contributed by atoms with Crippen molar-refractivity contribution in [2.45, 2.75) is 38.1 Å². The molecule has 0 fully saturated rings. The molecule has 0 aliphatic heterocycles. The van der Waals surface area contributed by atoms with Crippen LogP contribution in [-0.2, 0) is 12.8 Å². The second-order valence-corrected chi connectivity index (χ2v) is 6.13. The number of fused-ring (bicyclic) bond motifs is 1. The Kier molecular flexibility index (Phi) is 5.30. The monoisotopic (exact) mass is 308 g/mol. The Hall–Kier alpha value is -2.29. The maximum Gasteiger partial charge on any atom is 0.315 e. The smallest absolute Gasteiger partial charge is 0.315 e. The zero-order chi connectivity index (χ0) is 15.9. The first kappa shape index (κ1) is 15.6. The van der Waals surface area contributed by atoms with Crippen LogP contribution in [0.4, 0.5) is 4.79 Å². The Morgan fingerprint density at radius 1 is 1.00 bits per heavy atom. The molecule has 1 atom stereocenters. The molecule has 0 heterocycles. The molecule has 0 aromatic heterocycles. The van der Waals surface area contributed by atoms with Gasteiger partial charge in [0.05, 0.1) is 6.04 Å². The molecule has 1 aliphatic carbocycles. The number of amides is 2. The Morgan fingerprint density at radius 3 is 2.65 bits per heavy atom. The molecule has 1 aliphatic rings. The van der Waals surface area contributed by atoms with Crippen LogP contribution in [-0.4, -0.2) is 12.6 Å². The van der Waals surface area contributed by atoms with Gasteiger partial charge in [0, 0.05) is 6.54 Å². The summed E-state index contributed by atoms with van der Waals surface area (Å²) in [5, 5.41) is 6.07. The SMILES string of the molecule is O=C(NCCCCc1ccccc1)NC1CCc2ccccc21. The fraction of sp³-hybridized carbons (Fsp3) is 0.350. The highest BCUT2D eigenvalue weighted by molar-refractivity contribution is 5.74. The first-order chi connectivity index (χ1) is 11.3. The highest BCUT2D eigenvalue weighted by Crippen LogP contribution is 2.30. The fourth-order valence-corrected chi connectivity index (χ4v) is 3.22. The normalized spacial score (nSPS) is 15.9. The second kappa shape index (κ2) is 7.82. The summed E-state index contributed by atoms with van der Waals surface area (Å²) in [6.07, 6.45) is 5.22. The number of carbonyl (C=O) groups excluding carboxylic acids is 1. The minimum atomic E-state index is -0.0496. The van der Waals surface area contributed by atoms with Crippen LogP contribution >= 0.6 is 0 Å². The summed E-state index contributed by atoms with van der Waals surface area (Å²) in [7, 11) is 0. The van der Waals surface area contributed by atoms with E-state index in [0.29, 0.717) is 0 Å². The van der Waals surface area contributed by atoms with E-state index in [4.69, 9.17) is 0 Å². The standard InChI is InChI=1S/C20H24N2O/c23-20(21-15-7-6-10-16-8-2-1-3-9-16)22-19-14-13-17-11-4-5-12-18(17)19/h1-5,8-9,11-12,19H,6-7,10,13-15H2,(H2,21,22,23). The maximum atomic E-state index is 12.0. The summed E-state index contributed by atoms with van der Waals surface area (Å²) in [6, 6.07) is 19.0. The van der Waals surface area contributed by atoms with Crippen molar-refractivity contribution in [2.75, 3.05) is 6.54 Å². The highest BCUT2D eigenvalue weighted by Gasteiger charge is 2.22. The lowest BCUT2D eigenvalue weighted by Crippen LogP contribution is -2.37. The predicted molar refractivity (Wildman–Crippen MR) is 93.4 cm³/mol. The third-order valence-electron chi connectivity index (χ3n) is 4.46. The topological polar surface area (TPSA) is 41.1 Å². The van der Waals surface area contributed by atoms with Gasteiger partial charge in [0.25, 0.3) is 0 Å². The molecule has 2 amide bonds. The van der Waals surface area contributed by atoms with Crippen LogP contribution in [0.5, 0.6) is 0 Å². The largest absolute Gasteiger partial charge is 0.338 e. The van der Waals surface area contributed by atoms with E-state index in [2.05, 4.69) is 53.1 Å². The molecule has 3 nitrogen and oxygen atoms in total. The number of carbonyl (C=O) groups is 1. The average molecular weight is 308 g/mol. The Labute approximate surface area is 138 Å². The summed E-state index contributed by atoms with van der Waals surface area (Å²) < 4.78 is 0. The van der Waals surface area contributed by atoms with Gasteiger partial charge in [-0.25, -0.2) is 4.79 Å². The van der Waals surface area contributed by atoms with Crippen molar-refractivity contribution in [3.63, 3.8) is 0 Å². The average Bonchev–Trinajstić information content (AvgIpc) is 2.99. The van der Waals surface area contributed by atoms with Crippen LogP contribution in [0, 0.1) is 0 Å². The van der Waals surface area contributed by atoms with E-state index in [0.717, 1.165) is 38.6 Å². The second-order valence-electron chi connectivity index (χ2n) is 6.13. The first-order valence-corrected chi connectivity index (χ1v) is 8.49. The van der Waals surface area contributed by atoms with Gasteiger partial charge < -0.3 is 10.6 Å². The number of hydrogen-bond acceptors (Lipinski definition) is 1. The lowest BCUT2D eigenvalue weighted by atomic mass is 10.1. The third-order valence-corrected chi connectivity index (χ3v) is 4.46. The molecule has 2 aromatic carbocycles. The third kappa shape index (κ3) is 4.35. The van der Waals surface area contributed by atoms with Gasteiger partial charge in [-0.05, 0) is 48.8 Å². The first-order valence-electron chi connectivity index (χ1n) is 8.49. The predicted octanol–water partition coefficient (Wildman–Crippen LogP) is 4.00.